The van der Waals surface area contributed by atoms with Crippen molar-refractivity contribution in [3.63, 3.8) is 0 Å². The van der Waals surface area contributed by atoms with Gasteiger partial charge in [-0.1, -0.05) is 44.2 Å². The first-order valence-corrected chi connectivity index (χ1v) is 10.6. The molecule has 0 saturated carbocycles. The number of benzene rings is 1. The minimum atomic E-state index is -0.166. The SMILES string of the molecule is CCOCCCN(CC(=O)N(Cc1ccccc1)Cc1ccc(C)o1)C(=O)C(C)C. The Morgan fingerprint density at radius 3 is 2.37 bits per heavy atom. The van der Waals surface area contributed by atoms with Crippen LogP contribution in [-0.4, -0.2) is 47.9 Å². The van der Waals surface area contributed by atoms with E-state index in [4.69, 9.17) is 9.15 Å². The molecule has 0 bridgehead atoms. The molecule has 6 nitrogen and oxygen atoms in total. The van der Waals surface area contributed by atoms with Crippen LogP contribution in [0, 0.1) is 12.8 Å². The van der Waals surface area contributed by atoms with Crippen LogP contribution in [0.4, 0.5) is 0 Å². The second kappa shape index (κ2) is 12.2. The van der Waals surface area contributed by atoms with Crippen molar-refractivity contribution < 1.29 is 18.7 Å². The smallest absolute Gasteiger partial charge is 0.242 e. The van der Waals surface area contributed by atoms with E-state index in [0.717, 1.165) is 17.1 Å². The third-order valence-corrected chi connectivity index (χ3v) is 4.76. The molecule has 2 aromatic rings. The minimum absolute atomic E-state index is 0.0200. The Kier molecular flexibility index (Phi) is 9.61. The maximum Gasteiger partial charge on any atom is 0.242 e. The summed E-state index contributed by atoms with van der Waals surface area (Å²) in [6, 6.07) is 13.6. The molecule has 1 heterocycles. The van der Waals surface area contributed by atoms with Crippen LogP contribution in [0.5, 0.6) is 0 Å². The van der Waals surface area contributed by atoms with Gasteiger partial charge in [0.1, 0.15) is 11.5 Å². The average molecular weight is 415 g/mol. The van der Waals surface area contributed by atoms with Crippen molar-refractivity contribution in [1.82, 2.24) is 9.80 Å². The van der Waals surface area contributed by atoms with Crippen LogP contribution in [0.3, 0.4) is 0 Å². The topological polar surface area (TPSA) is 63.0 Å². The molecule has 0 fully saturated rings. The Bertz CT molecular complexity index is 786. The first kappa shape index (κ1) is 23.7. The van der Waals surface area contributed by atoms with Crippen LogP contribution in [0.25, 0.3) is 0 Å². The van der Waals surface area contributed by atoms with Crippen molar-refractivity contribution in [1.29, 1.82) is 0 Å². The maximum atomic E-state index is 13.2. The van der Waals surface area contributed by atoms with Crippen molar-refractivity contribution in [3.8, 4) is 0 Å². The minimum Gasteiger partial charge on any atom is -0.464 e. The molecular formula is C24H34N2O4. The summed E-state index contributed by atoms with van der Waals surface area (Å²) in [6.07, 6.45) is 0.704. The van der Waals surface area contributed by atoms with Crippen LogP contribution < -0.4 is 0 Å². The zero-order valence-corrected chi connectivity index (χ0v) is 18.6. The van der Waals surface area contributed by atoms with Crippen LogP contribution in [-0.2, 0) is 27.4 Å². The molecule has 0 radical (unpaired) electrons. The predicted molar refractivity (Wildman–Crippen MR) is 117 cm³/mol. The van der Waals surface area contributed by atoms with Crippen LogP contribution in [0.2, 0.25) is 0 Å². The van der Waals surface area contributed by atoms with Crippen LogP contribution >= 0.6 is 0 Å². The van der Waals surface area contributed by atoms with Gasteiger partial charge in [-0.3, -0.25) is 9.59 Å². The lowest BCUT2D eigenvalue weighted by atomic mass is 10.1. The number of aryl methyl sites for hydroxylation is 1. The summed E-state index contributed by atoms with van der Waals surface area (Å²) in [7, 11) is 0. The zero-order chi connectivity index (χ0) is 21.9. The lowest BCUT2D eigenvalue weighted by Crippen LogP contribution is -2.44. The van der Waals surface area contributed by atoms with Crippen molar-refractivity contribution >= 4 is 11.8 Å². The van der Waals surface area contributed by atoms with Crippen molar-refractivity contribution in [2.75, 3.05) is 26.3 Å². The molecule has 0 atom stereocenters. The van der Waals surface area contributed by atoms with Gasteiger partial charge in [-0.15, -0.1) is 0 Å². The van der Waals surface area contributed by atoms with E-state index in [1.807, 2.05) is 70.2 Å². The summed E-state index contributed by atoms with van der Waals surface area (Å²) >= 11 is 0. The van der Waals surface area contributed by atoms with E-state index in [2.05, 4.69) is 0 Å². The van der Waals surface area contributed by atoms with Gasteiger partial charge in [0.2, 0.25) is 11.8 Å². The summed E-state index contributed by atoms with van der Waals surface area (Å²) in [4.78, 5) is 29.3. The molecule has 0 saturated heterocycles. The molecule has 0 unspecified atom stereocenters. The van der Waals surface area contributed by atoms with E-state index in [0.29, 0.717) is 39.3 Å². The summed E-state index contributed by atoms with van der Waals surface area (Å²) < 4.78 is 11.1. The van der Waals surface area contributed by atoms with Gasteiger partial charge < -0.3 is 19.0 Å². The molecule has 164 valence electrons. The third-order valence-electron chi connectivity index (χ3n) is 4.76. The lowest BCUT2D eigenvalue weighted by Gasteiger charge is -2.28. The second-order valence-corrected chi connectivity index (χ2v) is 7.71. The fraction of sp³-hybridized carbons (Fsp3) is 0.500. The van der Waals surface area contributed by atoms with E-state index < -0.39 is 0 Å². The van der Waals surface area contributed by atoms with Gasteiger partial charge in [-0.25, -0.2) is 0 Å². The molecule has 1 aromatic heterocycles. The molecule has 0 aliphatic rings. The fourth-order valence-electron chi connectivity index (χ4n) is 3.19. The molecule has 0 aliphatic carbocycles. The summed E-state index contributed by atoms with van der Waals surface area (Å²) in [6.45, 7) is 10.1. The summed E-state index contributed by atoms with van der Waals surface area (Å²) in [5.74, 6) is 1.26. The molecule has 0 N–H and O–H groups in total. The number of amides is 2. The van der Waals surface area contributed by atoms with Gasteiger partial charge in [0.05, 0.1) is 13.1 Å². The molecule has 30 heavy (non-hydrogen) atoms. The number of carbonyl (C=O) groups excluding carboxylic acids is 2. The lowest BCUT2D eigenvalue weighted by molar-refractivity contribution is -0.143. The number of furan rings is 1. The van der Waals surface area contributed by atoms with Gasteiger partial charge in [0, 0.05) is 32.2 Å². The van der Waals surface area contributed by atoms with Crippen LogP contribution in [0.15, 0.2) is 46.9 Å². The van der Waals surface area contributed by atoms with Crippen molar-refractivity contribution in [2.24, 2.45) is 5.92 Å². The van der Waals surface area contributed by atoms with Crippen LogP contribution in [0.1, 0.15) is 44.3 Å². The number of rotatable bonds is 12. The standard InChI is InChI=1S/C24H34N2O4/c1-5-29-15-9-14-25(24(28)19(2)3)18-23(27)26(16-21-10-7-6-8-11-21)17-22-13-12-20(4)30-22/h6-8,10-13,19H,5,9,14-18H2,1-4H3. The highest BCUT2D eigenvalue weighted by Crippen LogP contribution is 2.14. The number of nitrogens with zero attached hydrogens (tertiary/aromatic N) is 2. The molecule has 0 spiro atoms. The molecule has 1 aromatic carbocycles. The zero-order valence-electron chi connectivity index (χ0n) is 18.6. The van der Waals surface area contributed by atoms with E-state index in [1.54, 1.807) is 9.80 Å². The van der Waals surface area contributed by atoms with Crippen molar-refractivity contribution in [3.05, 3.63) is 59.5 Å². The van der Waals surface area contributed by atoms with Crippen molar-refractivity contribution in [2.45, 2.75) is 47.2 Å². The summed E-state index contributed by atoms with van der Waals surface area (Å²) in [5, 5.41) is 0. The van der Waals surface area contributed by atoms with Gasteiger partial charge in [0.25, 0.3) is 0 Å². The normalized spacial score (nSPS) is 11.0. The number of hydrogen-bond acceptors (Lipinski definition) is 4. The molecule has 2 amide bonds. The largest absolute Gasteiger partial charge is 0.464 e. The van der Waals surface area contributed by atoms with E-state index in [9.17, 15) is 9.59 Å². The number of ether oxygens (including phenoxy) is 1. The van der Waals surface area contributed by atoms with E-state index in [1.165, 1.54) is 0 Å². The van der Waals surface area contributed by atoms with Gasteiger partial charge in [-0.05, 0) is 38.0 Å². The monoisotopic (exact) mass is 414 g/mol. The first-order chi connectivity index (χ1) is 14.4. The Morgan fingerprint density at radius 1 is 1.03 bits per heavy atom. The van der Waals surface area contributed by atoms with Gasteiger partial charge in [0.15, 0.2) is 0 Å². The second-order valence-electron chi connectivity index (χ2n) is 7.71. The highest BCUT2D eigenvalue weighted by atomic mass is 16.5. The Labute approximate surface area is 179 Å². The Hall–Kier alpha value is -2.60. The fourth-order valence-corrected chi connectivity index (χ4v) is 3.19. The predicted octanol–water partition coefficient (Wildman–Crippen LogP) is 4.03. The van der Waals surface area contributed by atoms with E-state index in [-0.39, 0.29) is 24.3 Å². The van der Waals surface area contributed by atoms with Gasteiger partial charge in [-0.2, -0.15) is 0 Å². The highest BCUT2D eigenvalue weighted by Gasteiger charge is 2.24. The molecular weight excluding hydrogens is 380 g/mol. The maximum absolute atomic E-state index is 13.2. The first-order valence-electron chi connectivity index (χ1n) is 10.6. The number of hydrogen-bond donors (Lipinski definition) is 0. The molecule has 2 rings (SSSR count). The Morgan fingerprint density at radius 2 is 1.77 bits per heavy atom. The molecule has 6 heteroatoms. The summed E-state index contributed by atoms with van der Waals surface area (Å²) in [5.41, 5.74) is 1.03. The number of carbonyl (C=O) groups is 2. The molecule has 0 aliphatic heterocycles. The van der Waals surface area contributed by atoms with Gasteiger partial charge >= 0.3 is 0 Å². The quantitative estimate of drug-likeness (QED) is 0.492. The third kappa shape index (κ3) is 7.67. The average Bonchev–Trinajstić information content (AvgIpc) is 3.14. The van der Waals surface area contributed by atoms with E-state index >= 15 is 0 Å². The highest BCUT2D eigenvalue weighted by molar-refractivity contribution is 5.85. The Balaban J connectivity index is 2.12.